The van der Waals surface area contributed by atoms with Gasteiger partial charge in [0.1, 0.15) is 0 Å². The van der Waals surface area contributed by atoms with Crippen molar-refractivity contribution in [1.29, 1.82) is 0 Å². The summed E-state index contributed by atoms with van der Waals surface area (Å²) in [6.45, 7) is 8.44. The van der Waals surface area contributed by atoms with Crippen LogP contribution in [0, 0.1) is 11.8 Å². The normalized spacial score (nSPS) is 28.2. The zero-order valence-corrected chi connectivity index (χ0v) is 21.8. The number of piperazine rings is 1. The summed E-state index contributed by atoms with van der Waals surface area (Å²) in [5, 5.41) is 2.86. The summed E-state index contributed by atoms with van der Waals surface area (Å²) >= 11 is 6.53. The van der Waals surface area contributed by atoms with Gasteiger partial charge in [-0.2, -0.15) is 4.31 Å². The monoisotopic (exact) mass is 512 g/mol. The Morgan fingerprint density at radius 2 is 1.97 bits per heavy atom. The van der Waals surface area contributed by atoms with Crippen LogP contribution in [0.1, 0.15) is 26.7 Å². The molecule has 1 aliphatic carbocycles. The smallest absolute Gasteiger partial charge is 0.239 e. The van der Waals surface area contributed by atoms with Gasteiger partial charge in [0, 0.05) is 51.0 Å². The molecule has 3 N–H and O–H groups in total. The summed E-state index contributed by atoms with van der Waals surface area (Å²) in [7, 11) is -1.55. The zero-order chi connectivity index (χ0) is 24.5. The second-order valence-electron chi connectivity index (χ2n) is 9.90. The quantitative estimate of drug-likeness (QED) is 0.510. The van der Waals surface area contributed by atoms with Crippen LogP contribution in [0.15, 0.2) is 18.2 Å². The fraction of sp³-hybridized carbons (Fsp3) is 0.696. The number of hydrogen-bond acceptors (Lipinski definition) is 7. The van der Waals surface area contributed by atoms with Crippen LogP contribution in [0.3, 0.4) is 0 Å². The van der Waals surface area contributed by atoms with E-state index < -0.39 is 15.3 Å². The Kier molecular flexibility index (Phi) is 8.06. The zero-order valence-electron chi connectivity index (χ0n) is 20.3. The van der Waals surface area contributed by atoms with Gasteiger partial charge >= 0.3 is 0 Å². The Labute approximate surface area is 208 Å². The number of rotatable bonds is 7. The second-order valence-corrected chi connectivity index (χ2v) is 12.5. The van der Waals surface area contributed by atoms with Gasteiger partial charge in [0.25, 0.3) is 0 Å². The number of nitrogens with zero attached hydrogens (tertiary/aromatic N) is 3. The highest BCUT2D eigenvalue weighted by molar-refractivity contribution is 7.89. The fourth-order valence-corrected chi connectivity index (χ4v) is 8.04. The van der Waals surface area contributed by atoms with E-state index >= 15 is 0 Å². The van der Waals surface area contributed by atoms with Gasteiger partial charge in [-0.3, -0.25) is 15.6 Å². The average molecular weight is 513 g/mol. The molecule has 2 heterocycles. The van der Waals surface area contributed by atoms with Crippen LogP contribution in [0.5, 0.6) is 0 Å². The summed E-state index contributed by atoms with van der Waals surface area (Å²) in [5.41, 5.74) is 7.81. The van der Waals surface area contributed by atoms with E-state index in [1.165, 1.54) is 4.31 Å². The first kappa shape index (κ1) is 25.7. The molecule has 0 bridgehead atoms. The number of halogens is 1. The molecular weight excluding hydrogens is 476 g/mol. The summed E-state index contributed by atoms with van der Waals surface area (Å²) in [4.78, 5) is 17.4. The minimum Gasteiger partial charge on any atom is -0.368 e. The van der Waals surface area contributed by atoms with E-state index in [1.54, 1.807) is 13.0 Å². The molecule has 0 radical (unpaired) electrons. The summed E-state index contributed by atoms with van der Waals surface area (Å²) < 4.78 is 28.4. The van der Waals surface area contributed by atoms with Crippen molar-refractivity contribution in [2.75, 3.05) is 63.1 Å². The topological polar surface area (TPSA) is 97.0 Å². The van der Waals surface area contributed by atoms with Crippen molar-refractivity contribution in [2.24, 2.45) is 11.8 Å². The minimum atomic E-state index is -3.65. The van der Waals surface area contributed by atoms with Crippen LogP contribution in [-0.2, 0) is 14.8 Å². The lowest BCUT2D eigenvalue weighted by atomic mass is 9.79. The van der Waals surface area contributed by atoms with Gasteiger partial charge < -0.3 is 15.1 Å². The van der Waals surface area contributed by atoms with Crippen molar-refractivity contribution in [1.82, 2.24) is 20.1 Å². The van der Waals surface area contributed by atoms with E-state index in [-0.39, 0.29) is 31.0 Å². The van der Waals surface area contributed by atoms with E-state index in [0.717, 1.165) is 44.8 Å². The number of fused-ring (bicyclic) bond motifs is 1. The van der Waals surface area contributed by atoms with E-state index in [9.17, 15) is 13.2 Å². The molecule has 34 heavy (non-hydrogen) atoms. The van der Waals surface area contributed by atoms with E-state index in [4.69, 9.17) is 11.6 Å². The molecule has 1 aromatic carbocycles. The largest absolute Gasteiger partial charge is 0.368 e. The maximum Gasteiger partial charge on any atom is 0.239 e. The third kappa shape index (κ3) is 5.52. The van der Waals surface area contributed by atoms with Crippen molar-refractivity contribution in [3.05, 3.63) is 23.2 Å². The number of likely N-dealkylation sites (N-methyl/N-ethyl adjacent to an activating group) is 2. The maximum absolute atomic E-state index is 13.5. The van der Waals surface area contributed by atoms with Gasteiger partial charge in [0.2, 0.25) is 15.9 Å². The Hall–Kier alpha value is -1.43. The van der Waals surface area contributed by atoms with Gasteiger partial charge in [0.05, 0.1) is 22.5 Å². The Morgan fingerprint density at radius 3 is 2.65 bits per heavy atom. The average Bonchev–Trinajstić information content (AvgIpc) is 3.26. The lowest BCUT2D eigenvalue weighted by Crippen LogP contribution is -2.54. The number of anilines is 2. The van der Waals surface area contributed by atoms with Gasteiger partial charge in [-0.1, -0.05) is 25.4 Å². The minimum absolute atomic E-state index is 0.126. The molecular formula is C23H37ClN6O3S. The molecule has 9 nitrogen and oxygen atoms in total. The molecule has 3 fully saturated rings. The molecule has 11 heteroatoms. The van der Waals surface area contributed by atoms with Crippen molar-refractivity contribution in [2.45, 2.75) is 38.0 Å². The van der Waals surface area contributed by atoms with Crippen molar-refractivity contribution < 1.29 is 13.2 Å². The highest BCUT2D eigenvalue weighted by Crippen LogP contribution is 2.36. The number of carbonyl (C=O) groups is 1. The Morgan fingerprint density at radius 1 is 1.24 bits per heavy atom. The second kappa shape index (κ2) is 10.7. The highest BCUT2D eigenvalue weighted by Gasteiger charge is 2.47. The Balaban J connectivity index is 1.40. The first-order chi connectivity index (χ1) is 16.2. The molecule has 4 unspecified atom stereocenters. The summed E-state index contributed by atoms with van der Waals surface area (Å²) in [5.74, 6) is 0.250. The SMILES string of the molecule is CCN(CC(=O)Nc1ccc(N2CCN(C)CC2)c(Cl)c1)S(=O)(=O)C1CC(C)CC2CNNC21. The number of amides is 1. The number of hydrogen-bond donors (Lipinski definition) is 3. The molecule has 0 spiro atoms. The highest BCUT2D eigenvalue weighted by atomic mass is 35.5. The molecule has 3 aliphatic rings. The van der Waals surface area contributed by atoms with E-state index in [0.29, 0.717) is 23.0 Å². The standard InChI is InChI=1S/C23H37ClN6O3S/c1-4-30(34(32,33)21-12-16(2)11-17-14-25-27-23(17)21)15-22(31)26-18-5-6-20(19(24)13-18)29-9-7-28(3)8-10-29/h5-6,13,16-17,21,23,25,27H,4,7-12,14-15H2,1-3H3,(H,26,31). The number of hydrazine groups is 1. The molecule has 4 atom stereocenters. The molecule has 1 aromatic rings. The maximum atomic E-state index is 13.5. The molecule has 0 aromatic heterocycles. The van der Waals surface area contributed by atoms with Crippen LogP contribution >= 0.6 is 11.6 Å². The van der Waals surface area contributed by atoms with E-state index in [1.807, 2.05) is 12.1 Å². The molecule has 4 rings (SSSR count). The van der Waals surface area contributed by atoms with Crippen LogP contribution in [0.25, 0.3) is 0 Å². The van der Waals surface area contributed by atoms with Gasteiger partial charge in [-0.05, 0) is 49.9 Å². The number of sulfonamides is 1. The lowest BCUT2D eigenvalue weighted by molar-refractivity contribution is -0.116. The number of nitrogens with one attached hydrogen (secondary N) is 3. The number of benzene rings is 1. The van der Waals surface area contributed by atoms with Gasteiger partial charge in [-0.25, -0.2) is 8.42 Å². The van der Waals surface area contributed by atoms with Gasteiger partial charge in [0.15, 0.2) is 0 Å². The molecule has 1 amide bonds. The first-order valence-corrected chi connectivity index (χ1v) is 14.1. The van der Waals surface area contributed by atoms with E-state index in [2.05, 4.69) is 39.9 Å². The third-order valence-corrected chi connectivity index (χ3v) is 10.0. The van der Waals surface area contributed by atoms with Crippen LogP contribution in [0.2, 0.25) is 5.02 Å². The summed E-state index contributed by atoms with van der Waals surface area (Å²) in [6, 6.07) is 5.35. The molecule has 2 aliphatic heterocycles. The van der Waals surface area contributed by atoms with Crippen LogP contribution in [-0.4, -0.2) is 87.7 Å². The predicted octanol–water partition coefficient (Wildman–Crippen LogP) is 1.57. The lowest BCUT2D eigenvalue weighted by Gasteiger charge is -2.38. The fourth-order valence-electron chi connectivity index (χ4n) is 5.46. The van der Waals surface area contributed by atoms with Crippen LogP contribution < -0.4 is 21.1 Å². The molecule has 190 valence electrons. The van der Waals surface area contributed by atoms with Gasteiger partial charge in [-0.15, -0.1) is 0 Å². The van der Waals surface area contributed by atoms with Crippen molar-refractivity contribution in [3.8, 4) is 0 Å². The molecule has 1 saturated carbocycles. The first-order valence-electron chi connectivity index (χ1n) is 12.2. The predicted molar refractivity (Wildman–Crippen MR) is 137 cm³/mol. The number of carbonyl (C=O) groups excluding carboxylic acids is 1. The van der Waals surface area contributed by atoms with Crippen LogP contribution in [0.4, 0.5) is 11.4 Å². The van der Waals surface area contributed by atoms with Crippen molar-refractivity contribution in [3.63, 3.8) is 0 Å². The Bertz CT molecular complexity index is 985. The van der Waals surface area contributed by atoms with Crippen molar-refractivity contribution >= 4 is 38.9 Å². The third-order valence-electron chi connectivity index (χ3n) is 7.37. The molecule has 2 saturated heterocycles. The summed E-state index contributed by atoms with van der Waals surface area (Å²) in [6.07, 6.45) is 1.61.